The van der Waals surface area contributed by atoms with Crippen molar-refractivity contribution in [3.63, 3.8) is 0 Å². The molecule has 2 N–H and O–H groups in total. The number of carbonyl (C=O) groups excluding carboxylic acids is 1. The lowest BCUT2D eigenvalue weighted by Gasteiger charge is -2.42. The summed E-state index contributed by atoms with van der Waals surface area (Å²) in [6.07, 6.45) is 0.716. The van der Waals surface area contributed by atoms with Gasteiger partial charge in [0.25, 0.3) is 5.91 Å². The van der Waals surface area contributed by atoms with E-state index >= 15 is 0 Å². The van der Waals surface area contributed by atoms with Crippen LogP contribution in [0.4, 0.5) is 0 Å². The molecule has 0 aromatic heterocycles. The van der Waals surface area contributed by atoms with Crippen LogP contribution in [0.25, 0.3) is 0 Å². The molecule has 3 nitrogen and oxygen atoms in total. The Morgan fingerprint density at radius 3 is 1.69 bits per heavy atom. The minimum atomic E-state index is -2.63. The van der Waals surface area contributed by atoms with Gasteiger partial charge in [-0.3, -0.25) is 4.79 Å². The molecule has 0 fully saturated rings. The van der Waals surface area contributed by atoms with Gasteiger partial charge in [0.2, 0.25) is 0 Å². The van der Waals surface area contributed by atoms with Crippen LogP contribution < -0.4 is 15.7 Å². The smallest absolute Gasteiger partial charge is 0.251 e. The normalized spacial score (nSPS) is 13.1. The highest BCUT2D eigenvalue weighted by molar-refractivity contribution is 7.03. The van der Waals surface area contributed by atoms with Crippen molar-refractivity contribution in [2.45, 2.75) is 25.1 Å². The highest BCUT2D eigenvalue weighted by atomic mass is 28.3. The van der Waals surface area contributed by atoms with Crippen molar-refractivity contribution in [2.75, 3.05) is 6.61 Å². The maximum Gasteiger partial charge on any atom is 0.251 e. The fourth-order valence-corrected chi connectivity index (χ4v) is 10.7. The van der Waals surface area contributed by atoms with E-state index < -0.39 is 8.07 Å². The second-order valence-corrected chi connectivity index (χ2v) is 13.5. The van der Waals surface area contributed by atoms with E-state index in [0.717, 1.165) is 6.04 Å². The van der Waals surface area contributed by atoms with Crippen molar-refractivity contribution in [1.82, 2.24) is 5.32 Å². The first-order chi connectivity index (χ1) is 17.1. The molecule has 0 aliphatic carbocycles. The van der Waals surface area contributed by atoms with Crippen LogP contribution in [0, 0.1) is 5.92 Å². The van der Waals surface area contributed by atoms with Crippen molar-refractivity contribution in [2.24, 2.45) is 5.92 Å². The van der Waals surface area contributed by atoms with Gasteiger partial charge in [-0.05, 0) is 36.1 Å². The molecule has 178 valence electrons. The van der Waals surface area contributed by atoms with Gasteiger partial charge in [0.1, 0.15) is 8.07 Å². The molecule has 0 radical (unpaired) electrons. The quantitative estimate of drug-likeness (QED) is 0.330. The Balaban J connectivity index is 1.91. The van der Waals surface area contributed by atoms with Crippen LogP contribution in [0.2, 0.25) is 6.04 Å². The van der Waals surface area contributed by atoms with E-state index in [9.17, 15) is 9.90 Å². The van der Waals surface area contributed by atoms with Crippen LogP contribution in [0.1, 0.15) is 22.8 Å². The molecule has 0 heterocycles. The second kappa shape index (κ2) is 11.8. The second-order valence-electron chi connectivity index (χ2n) is 9.28. The Bertz CT molecular complexity index is 1140. The number of aliphatic hydroxyl groups excluding tert-OH is 1. The molecule has 2 atom stereocenters. The van der Waals surface area contributed by atoms with Gasteiger partial charge in [-0.25, -0.2) is 0 Å². The van der Waals surface area contributed by atoms with Gasteiger partial charge >= 0.3 is 0 Å². The summed E-state index contributed by atoms with van der Waals surface area (Å²) in [7, 11) is -2.63. The molecule has 0 aliphatic heterocycles. The molecule has 0 spiro atoms. The van der Waals surface area contributed by atoms with Gasteiger partial charge in [0.15, 0.2) is 0 Å². The summed E-state index contributed by atoms with van der Waals surface area (Å²) in [5, 5.41) is 16.2. The number of aliphatic hydroxyl groups is 1. The minimum Gasteiger partial charge on any atom is -0.396 e. The molecular weight excluding hydrogens is 446 g/mol. The van der Waals surface area contributed by atoms with E-state index in [1.807, 2.05) is 48.5 Å². The summed E-state index contributed by atoms with van der Waals surface area (Å²) in [6, 6.07) is 41.9. The third-order valence-electron chi connectivity index (χ3n) is 6.78. The van der Waals surface area contributed by atoms with Crippen molar-refractivity contribution < 1.29 is 9.90 Å². The van der Waals surface area contributed by atoms with Gasteiger partial charge in [-0.15, -0.1) is 0 Å². The highest BCUT2D eigenvalue weighted by Crippen LogP contribution is 2.25. The van der Waals surface area contributed by atoms with E-state index in [1.54, 1.807) is 0 Å². The fourth-order valence-electron chi connectivity index (χ4n) is 5.06. The Hall–Kier alpha value is -3.47. The molecule has 0 unspecified atom stereocenters. The summed E-state index contributed by atoms with van der Waals surface area (Å²) in [5.41, 5.74) is 1.73. The van der Waals surface area contributed by atoms with Gasteiger partial charge in [0.05, 0.1) is 0 Å². The van der Waals surface area contributed by atoms with Gasteiger partial charge < -0.3 is 10.4 Å². The molecule has 0 saturated heterocycles. The van der Waals surface area contributed by atoms with Gasteiger partial charge in [-0.1, -0.05) is 126 Å². The van der Waals surface area contributed by atoms with Crippen LogP contribution in [-0.4, -0.2) is 31.4 Å². The maximum atomic E-state index is 13.6. The van der Waals surface area contributed by atoms with Crippen LogP contribution in [0.5, 0.6) is 0 Å². The van der Waals surface area contributed by atoms with Crippen molar-refractivity contribution in [3.8, 4) is 0 Å². The first-order valence-electron chi connectivity index (χ1n) is 12.2. The molecule has 1 amide bonds. The van der Waals surface area contributed by atoms with Crippen LogP contribution in [-0.2, 0) is 6.42 Å². The SMILES string of the molecule is C[C@H](CO)C[Si](c1ccccc1)(c1ccccc1)[C@H](Cc1ccccc1)NC(=O)c1ccccc1. The molecule has 35 heavy (non-hydrogen) atoms. The summed E-state index contributed by atoms with van der Waals surface area (Å²) in [6.45, 7) is 2.21. The standard InChI is InChI=1S/C31H33NO2Si/c1-25(23-33)24-35(28-18-10-4-11-19-28,29-20-12-5-13-21-29)30(22-26-14-6-2-7-15-26)32-31(34)27-16-8-3-9-17-27/h2-21,25,30,33H,22-24H2,1H3,(H,32,34)/t25-,30-/m1/s1. The summed E-state index contributed by atoms with van der Waals surface area (Å²) in [5.74, 6) is 0.0286. The van der Waals surface area contributed by atoms with E-state index in [2.05, 4.69) is 85.0 Å². The predicted octanol–water partition coefficient (Wildman–Crippen LogP) is 4.46. The summed E-state index contributed by atoms with van der Waals surface area (Å²) < 4.78 is 0. The average Bonchev–Trinajstić information content (AvgIpc) is 2.93. The molecule has 0 bridgehead atoms. The van der Waals surface area contributed by atoms with Crippen molar-refractivity contribution in [3.05, 3.63) is 132 Å². The van der Waals surface area contributed by atoms with Gasteiger partial charge in [-0.2, -0.15) is 0 Å². The van der Waals surface area contributed by atoms with E-state index in [0.29, 0.717) is 12.0 Å². The number of benzene rings is 4. The molecule has 0 aliphatic rings. The lowest BCUT2D eigenvalue weighted by atomic mass is 10.1. The Morgan fingerprint density at radius 2 is 1.20 bits per heavy atom. The third kappa shape index (κ3) is 5.79. The van der Waals surface area contributed by atoms with Crippen molar-refractivity contribution in [1.29, 1.82) is 0 Å². The first-order valence-corrected chi connectivity index (χ1v) is 14.5. The Morgan fingerprint density at radius 1 is 0.743 bits per heavy atom. The number of hydrogen-bond acceptors (Lipinski definition) is 2. The number of carbonyl (C=O) groups is 1. The molecule has 0 saturated carbocycles. The molecule has 4 rings (SSSR count). The predicted molar refractivity (Wildman–Crippen MR) is 147 cm³/mol. The number of hydrogen-bond donors (Lipinski definition) is 2. The Kier molecular flexibility index (Phi) is 8.30. The fraction of sp³-hybridized carbons (Fsp3) is 0.194. The molecule has 4 heteroatoms. The lowest BCUT2D eigenvalue weighted by Crippen LogP contribution is -2.72. The zero-order valence-electron chi connectivity index (χ0n) is 20.2. The maximum absolute atomic E-state index is 13.6. The van der Waals surface area contributed by atoms with Crippen LogP contribution in [0.15, 0.2) is 121 Å². The lowest BCUT2D eigenvalue weighted by molar-refractivity contribution is 0.0947. The van der Waals surface area contributed by atoms with E-state index in [-0.39, 0.29) is 24.1 Å². The van der Waals surface area contributed by atoms with Crippen LogP contribution in [0.3, 0.4) is 0 Å². The van der Waals surface area contributed by atoms with Crippen molar-refractivity contribution >= 4 is 24.4 Å². The topological polar surface area (TPSA) is 49.3 Å². The third-order valence-corrected chi connectivity index (χ3v) is 12.4. The average molecular weight is 480 g/mol. The van der Waals surface area contributed by atoms with E-state index in [4.69, 9.17) is 0 Å². The number of amides is 1. The monoisotopic (exact) mass is 479 g/mol. The number of rotatable bonds is 10. The zero-order chi connectivity index (χ0) is 24.5. The molecule has 4 aromatic carbocycles. The first kappa shape index (κ1) is 24.6. The highest BCUT2D eigenvalue weighted by Gasteiger charge is 2.46. The summed E-state index contributed by atoms with van der Waals surface area (Å²) in [4.78, 5) is 13.6. The van der Waals surface area contributed by atoms with Gasteiger partial charge in [0, 0.05) is 17.8 Å². The zero-order valence-corrected chi connectivity index (χ0v) is 21.2. The largest absolute Gasteiger partial charge is 0.396 e. The summed E-state index contributed by atoms with van der Waals surface area (Å²) >= 11 is 0. The van der Waals surface area contributed by atoms with Crippen LogP contribution >= 0.6 is 0 Å². The molecule has 4 aromatic rings. The minimum absolute atomic E-state index is 0.0630. The number of nitrogens with one attached hydrogen (secondary N) is 1. The molecular formula is C31H33NO2Si. The Labute approximate surface area is 209 Å². The van der Waals surface area contributed by atoms with E-state index in [1.165, 1.54) is 15.9 Å².